The Morgan fingerprint density at radius 3 is 2.53 bits per heavy atom. The van der Waals surface area contributed by atoms with E-state index in [-0.39, 0.29) is 23.8 Å². The highest BCUT2D eigenvalue weighted by Crippen LogP contribution is 2.35. The van der Waals surface area contributed by atoms with Gasteiger partial charge in [0.15, 0.2) is 6.61 Å². The Morgan fingerprint density at radius 1 is 1.16 bits per heavy atom. The molecule has 2 aromatic rings. The number of hydrogen-bond donors (Lipinski definition) is 3. The zero-order chi connectivity index (χ0) is 27.9. The molecular formula is C24H24ClN3O7S3. The number of nitrogens with one attached hydrogen (secondary N) is 1. The molecule has 1 heterocycles. The molecule has 38 heavy (non-hydrogen) atoms. The number of anilines is 1. The minimum atomic E-state index is -3.84. The van der Waals surface area contributed by atoms with Crippen LogP contribution in [0.1, 0.15) is 31.2 Å². The van der Waals surface area contributed by atoms with Crippen LogP contribution in [0.5, 0.6) is 5.75 Å². The molecule has 0 unspecified atom stereocenters. The normalized spacial score (nSPS) is 14.7. The number of nitrogens with two attached hydrogens (primary N) is 1. The number of carboxylic acids is 1. The van der Waals surface area contributed by atoms with Gasteiger partial charge in [-0.05, 0) is 61.4 Å². The third kappa shape index (κ3) is 8.53. The number of thiocarbonyl (C=S) groups is 1. The highest BCUT2D eigenvalue weighted by atomic mass is 35.5. The van der Waals surface area contributed by atoms with Gasteiger partial charge < -0.3 is 15.2 Å². The maximum absolute atomic E-state index is 12.9. The van der Waals surface area contributed by atoms with Gasteiger partial charge in [0.25, 0.3) is 11.8 Å². The third-order valence-corrected chi connectivity index (χ3v) is 7.77. The highest BCUT2D eigenvalue weighted by Gasteiger charge is 2.31. The lowest BCUT2D eigenvalue weighted by molar-refractivity contribution is -0.137. The quantitative estimate of drug-likeness (QED) is 0.188. The molecule has 0 aliphatic carbocycles. The van der Waals surface area contributed by atoms with E-state index in [1.54, 1.807) is 24.3 Å². The van der Waals surface area contributed by atoms with E-state index in [1.807, 2.05) is 0 Å². The van der Waals surface area contributed by atoms with E-state index in [0.29, 0.717) is 57.1 Å². The smallest absolute Gasteiger partial charge is 0.303 e. The molecule has 3 rings (SSSR count). The number of carbonyl (C=O) groups is 3. The molecule has 1 fully saturated rings. The topological polar surface area (TPSA) is 156 Å². The third-order valence-electron chi connectivity index (χ3n) is 5.23. The number of halogens is 1. The Balaban J connectivity index is 1.63. The predicted molar refractivity (Wildman–Crippen MR) is 149 cm³/mol. The zero-order valence-electron chi connectivity index (χ0n) is 19.9. The summed E-state index contributed by atoms with van der Waals surface area (Å²) in [5.41, 5.74) is 0.832. The largest absolute Gasteiger partial charge is 0.483 e. The number of amides is 2. The lowest BCUT2D eigenvalue weighted by atomic mass is 10.1. The number of primary sulfonamides is 1. The number of unbranched alkanes of at least 4 members (excludes halogenated alkanes) is 2. The van der Waals surface area contributed by atoms with Crippen molar-refractivity contribution in [2.45, 2.75) is 30.6 Å². The van der Waals surface area contributed by atoms with Gasteiger partial charge in [-0.3, -0.25) is 19.3 Å². The van der Waals surface area contributed by atoms with E-state index in [0.717, 1.165) is 11.8 Å². The van der Waals surface area contributed by atoms with Crippen molar-refractivity contribution < 1.29 is 32.6 Å². The molecule has 0 spiro atoms. The Morgan fingerprint density at radius 2 is 1.87 bits per heavy atom. The minimum absolute atomic E-state index is 0.0821. The lowest BCUT2D eigenvalue weighted by Crippen LogP contribution is -2.29. The van der Waals surface area contributed by atoms with Gasteiger partial charge >= 0.3 is 5.97 Å². The average Bonchev–Trinajstić information content (AvgIpc) is 3.10. The summed E-state index contributed by atoms with van der Waals surface area (Å²) in [6.07, 6.45) is 3.48. The van der Waals surface area contributed by atoms with Gasteiger partial charge in [-0.2, -0.15) is 0 Å². The van der Waals surface area contributed by atoms with E-state index in [9.17, 15) is 22.8 Å². The first-order chi connectivity index (χ1) is 17.9. The van der Waals surface area contributed by atoms with Gasteiger partial charge in [0.2, 0.25) is 10.0 Å². The van der Waals surface area contributed by atoms with Crippen molar-refractivity contribution in [3.8, 4) is 5.75 Å². The standard InChI is InChI=1S/C24H24ClN3O7S3/c25-16-5-10-19(35-14-21(29)27-17-6-8-18(9-7-17)38(26,33)34)15(12-16)13-20-23(32)28(24(36)37-20)11-3-1-2-4-22(30)31/h5-10,12-13H,1-4,11,14H2,(H,27,29)(H,30,31)(H2,26,33,34)/b20-13-. The van der Waals surface area contributed by atoms with Crippen molar-refractivity contribution in [3.05, 3.63) is 58.0 Å². The van der Waals surface area contributed by atoms with Gasteiger partial charge in [0.1, 0.15) is 10.1 Å². The summed E-state index contributed by atoms with van der Waals surface area (Å²) in [7, 11) is -3.84. The number of rotatable bonds is 12. The number of thioether (sulfide) groups is 1. The molecule has 1 aliphatic rings. The van der Waals surface area contributed by atoms with Crippen molar-refractivity contribution in [1.29, 1.82) is 0 Å². The van der Waals surface area contributed by atoms with Crippen molar-refractivity contribution in [2.75, 3.05) is 18.5 Å². The SMILES string of the molecule is NS(=O)(=O)c1ccc(NC(=O)COc2ccc(Cl)cc2/C=C2\SC(=S)N(CCCCCC(=O)O)C2=O)cc1. The van der Waals surface area contributed by atoms with Crippen molar-refractivity contribution in [2.24, 2.45) is 5.14 Å². The van der Waals surface area contributed by atoms with Gasteiger partial charge in [-0.1, -0.05) is 42.0 Å². The second-order valence-electron chi connectivity index (χ2n) is 8.13. The fourth-order valence-corrected chi connectivity index (χ4v) is 5.38. The highest BCUT2D eigenvalue weighted by molar-refractivity contribution is 8.26. The molecule has 2 amide bonds. The van der Waals surface area contributed by atoms with Gasteiger partial charge in [-0.15, -0.1) is 0 Å². The van der Waals surface area contributed by atoms with Crippen LogP contribution in [0.25, 0.3) is 6.08 Å². The summed E-state index contributed by atoms with van der Waals surface area (Å²) < 4.78 is 28.8. The van der Waals surface area contributed by atoms with Crippen LogP contribution in [0, 0.1) is 0 Å². The Hall–Kier alpha value is -2.97. The molecule has 0 aromatic heterocycles. The molecule has 1 saturated heterocycles. The molecule has 2 aromatic carbocycles. The summed E-state index contributed by atoms with van der Waals surface area (Å²) in [5.74, 6) is -1.31. The second-order valence-corrected chi connectivity index (χ2v) is 11.8. The summed E-state index contributed by atoms with van der Waals surface area (Å²) >= 11 is 12.6. The number of aliphatic carboxylic acids is 1. The van der Waals surface area contributed by atoms with Gasteiger partial charge in [0.05, 0.1) is 9.80 Å². The fourth-order valence-electron chi connectivity index (χ4n) is 3.39. The maximum atomic E-state index is 12.9. The number of carbonyl (C=O) groups excluding carboxylic acids is 2. The molecular weight excluding hydrogens is 574 g/mol. The van der Waals surface area contributed by atoms with E-state index in [4.69, 9.17) is 38.8 Å². The summed E-state index contributed by atoms with van der Waals surface area (Å²) in [5, 5.41) is 16.8. The van der Waals surface area contributed by atoms with Crippen molar-refractivity contribution in [1.82, 2.24) is 4.90 Å². The monoisotopic (exact) mass is 597 g/mol. The zero-order valence-corrected chi connectivity index (χ0v) is 23.1. The van der Waals surface area contributed by atoms with Crippen LogP contribution in [-0.2, 0) is 24.4 Å². The number of carboxylic acid groups (broad SMARTS) is 1. The number of benzene rings is 2. The van der Waals surface area contributed by atoms with Crippen molar-refractivity contribution >= 4 is 79.5 Å². The predicted octanol–water partition coefficient (Wildman–Crippen LogP) is 3.85. The van der Waals surface area contributed by atoms with Gasteiger partial charge in [-0.25, -0.2) is 13.6 Å². The molecule has 1 aliphatic heterocycles. The van der Waals surface area contributed by atoms with Crippen LogP contribution in [0.4, 0.5) is 5.69 Å². The molecule has 4 N–H and O–H groups in total. The first-order valence-corrected chi connectivity index (χ1v) is 14.4. The minimum Gasteiger partial charge on any atom is -0.483 e. The Bertz CT molecular complexity index is 1380. The summed E-state index contributed by atoms with van der Waals surface area (Å²) in [6, 6.07) is 10.1. The molecule has 10 nitrogen and oxygen atoms in total. The van der Waals surface area contributed by atoms with Crippen LogP contribution in [-0.4, -0.2) is 53.7 Å². The molecule has 0 radical (unpaired) electrons. The Kier molecular flexibility index (Phi) is 10.3. The number of ether oxygens (including phenoxy) is 1. The average molecular weight is 598 g/mol. The van der Waals surface area contributed by atoms with Crippen LogP contribution >= 0.6 is 35.6 Å². The van der Waals surface area contributed by atoms with E-state index in [1.165, 1.54) is 29.2 Å². The molecule has 0 atom stereocenters. The van der Waals surface area contributed by atoms with Crippen LogP contribution < -0.4 is 15.2 Å². The molecule has 202 valence electrons. The second kappa shape index (κ2) is 13.2. The van der Waals surface area contributed by atoms with Crippen LogP contribution in [0.2, 0.25) is 5.02 Å². The maximum Gasteiger partial charge on any atom is 0.303 e. The van der Waals surface area contributed by atoms with E-state index >= 15 is 0 Å². The van der Waals surface area contributed by atoms with Crippen LogP contribution in [0.3, 0.4) is 0 Å². The molecule has 14 heteroatoms. The summed E-state index contributed by atoms with van der Waals surface area (Å²) in [4.78, 5) is 37.7. The molecule has 0 bridgehead atoms. The number of sulfonamides is 1. The number of hydrogen-bond acceptors (Lipinski definition) is 8. The first-order valence-electron chi connectivity index (χ1n) is 11.3. The van der Waals surface area contributed by atoms with Gasteiger partial charge in [0, 0.05) is 29.2 Å². The lowest BCUT2D eigenvalue weighted by Gasteiger charge is -2.14. The number of nitrogens with zero attached hydrogens (tertiary/aromatic N) is 1. The van der Waals surface area contributed by atoms with Crippen LogP contribution in [0.15, 0.2) is 52.3 Å². The molecule has 0 saturated carbocycles. The summed E-state index contributed by atoms with van der Waals surface area (Å²) in [6.45, 7) is 0.0234. The fraction of sp³-hybridized carbons (Fsp3) is 0.250. The van der Waals surface area contributed by atoms with E-state index < -0.39 is 21.9 Å². The van der Waals surface area contributed by atoms with Crippen molar-refractivity contribution in [3.63, 3.8) is 0 Å². The Labute approximate surface area is 234 Å². The first kappa shape index (κ1) is 29.6. The van der Waals surface area contributed by atoms with E-state index in [2.05, 4.69) is 5.32 Å².